The minimum Gasteiger partial charge on any atom is -0.392 e. The van der Waals surface area contributed by atoms with Crippen molar-refractivity contribution in [3.8, 4) is 0 Å². The summed E-state index contributed by atoms with van der Waals surface area (Å²) >= 11 is 5.77. The Labute approximate surface area is 150 Å². The van der Waals surface area contributed by atoms with Gasteiger partial charge in [-0.05, 0) is 36.4 Å². The number of fused-ring (bicyclic) bond motifs is 1. The van der Waals surface area contributed by atoms with Crippen LogP contribution >= 0.6 is 65.5 Å². The Morgan fingerprint density at radius 2 is 1.95 bits per heavy atom. The quantitative estimate of drug-likeness (QED) is 0.178. The zero-order valence-electron chi connectivity index (χ0n) is 11.3. The van der Waals surface area contributed by atoms with E-state index < -0.39 is 22.9 Å². The molecule has 10 heteroatoms. The van der Waals surface area contributed by atoms with E-state index in [0.717, 1.165) is 0 Å². The molecule has 0 aromatic carbocycles. The normalized spacial score (nSPS) is 35.0. The standard InChI is InChI=1S/C10H14I2NO5PS/c1-9(2)10(12,8(15)18-19(16-3)17-4)13-6(14)5(11)7(13)20-9/h5,7H,1-4H3/t5?,7-,10+/m1/s1. The van der Waals surface area contributed by atoms with Gasteiger partial charge in [0.1, 0.15) is 9.30 Å². The van der Waals surface area contributed by atoms with E-state index in [1.807, 2.05) is 36.4 Å². The van der Waals surface area contributed by atoms with Crippen LogP contribution in [0.5, 0.6) is 0 Å². The molecular weight excluding hydrogens is 531 g/mol. The van der Waals surface area contributed by atoms with Crippen molar-refractivity contribution in [2.75, 3.05) is 14.2 Å². The summed E-state index contributed by atoms with van der Waals surface area (Å²) in [5, 5.41) is 0.0128. The molecule has 2 fully saturated rings. The van der Waals surface area contributed by atoms with Crippen LogP contribution in [0.2, 0.25) is 0 Å². The second-order valence-corrected chi connectivity index (χ2v) is 10.7. The second-order valence-electron chi connectivity index (χ2n) is 4.72. The van der Waals surface area contributed by atoms with E-state index >= 15 is 0 Å². The number of carbonyl (C=O) groups excluding carboxylic acids is 2. The number of carbonyl (C=O) groups is 2. The van der Waals surface area contributed by atoms with Crippen molar-refractivity contribution in [1.82, 2.24) is 4.90 Å². The smallest absolute Gasteiger partial charge is 0.392 e. The molecule has 6 nitrogen and oxygen atoms in total. The molecule has 1 amide bonds. The third-order valence-corrected chi connectivity index (χ3v) is 10.1. The van der Waals surface area contributed by atoms with Crippen LogP contribution in [0.1, 0.15) is 13.8 Å². The Morgan fingerprint density at radius 1 is 1.40 bits per heavy atom. The summed E-state index contributed by atoms with van der Waals surface area (Å²) in [6.07, 6.45) is 0. The first-order valence-electron chi connectivity index (χ1n) is 5.65. The number of β-lactam (4-membered cyclic amide) rings is 1. The van der Waals surface area contributed by atoms with Crippen LogP contribution in [-0.4, -0.2) is 48.6 Å². The molecule has 2 saturated heterocycles. The number of halogens is 2. The summed E-state index contributed by atoms with van der Waals surface area (Å²) in [6.45, 7) is 3.89. The number of amides is 1. The Morgan fingerprint density at radius 3 is 2.45 bits per heavy atom. The molecule has 2 heterocycles. The van der Waals surface area contributed by atoms with Crippen molar-refractivity contribution >= 4 is 77.4 Å². The minimum atomic E-state index is -1.72. The lowest BCUT2D eigenvalue weighted by molar-refractivity contribution is -0.156. The van der Waals surface area contributed by atoms with Crippen molar-refractivity contribution in [3.63, 3.8) is 0 Å². The maximum atomic E-state index is 12.6. The third-order valence-electron chi connectivity index (χ3n) is 3.25. The number of thioether (sulfide) groups is 1. The van der Waals surface area contributed by atoms with E-state index in [1.165, 1.54) is 14.2 Å². The van der Waals surface area contributed by atoms with Crippen LogP contribution in [0.4, 0.5) is 0 Å². The number of hydrogen-bond acceptors (Lipinski definition) is 6. The summed E-state index contributed by atoms with van der Waals surface area (Å²) in [6, 6.07) is 0. The van der Waals surface area contributed by atoms with Crippen LogP contribution < -0.4 is 0 Å². The summed E-state index contributed by atoms with van der Waals surface area (Å²) in [5.41, 5.74) is 0. The van der Waals surface area contributed by atoms with E-state index in [2.05, 4.69) is 22.6 Å². The number of hydrogen-bond donors (Lipinski definition) is 0. The number of nitrogens with zero attached hydrogens (tertiary/aromatic N) is 1. The molecular formula is C10H14I2NO5PS. The molecule has 20 heavy (non-hydrogen) atoms. The molecule has 114 valence electrons. The van der Waals surface area contributed by atoms with Gasteiger partial charge in [0, 0.05) is 14.2 Å². The highest BCUT2D eigenvalue weighted by molar-refractivity contribution is 14.1. The summed E-state index contributed by atoms with van der Waals surface area (Å²) in [4.78, 5) is 26.3. The fourth-order valence-electron chi connectivity index (χ4n) is 2.16. The Bertz CT molecular complexity index is 449. The summed E-state index contributed by atoms with van der Waals surface area (Å²) < 4.78 is 13.6. The van der Waals surface area contributed by atoms with Gasteiger partial charge in [0.15, 0.2) is 0 Å². The van der Waals surface area contributed by atoms with E-state index in [0.29, 0.717) is 0 Å². The van der Waals surface area contributed by atoms with Crippen LogP contribution in [0, 0.1) is 0 Å². The lowest BCUT2D eigenvalue weighted by Crippen LogP contribution is -2.68. The van der Waals surface area contributed by atoms with Crippen LogP contribution in [0.25, 0.3) is 0 Å². The van der Waals surface area contributed by atoms with Gasteiger partial charge >= 0.3 is 14.6 Å². The maximum Gasteiger partial charge on any atom is 0.398 e. The first-order chi connectivity index (χ1) is 9.20. The average Bonchev–Trinajstić information content (AvgIpc) is 2.61. The molecule has 0 spiro atoms. The van der Waals surface area contributed by atoms with Crippen LogP contribution in [0.3, 0.4) is 0 Å². The van der Waals surface area contributed by atoms with Crippen molar-refractivity contribution in [3.05, 3.63) is 0 Å². The maximum absolute atomic E-state index is 12.6. The van der Waals surface area contributed by atoms with Crippen molar-refractivity contribution in [2.45, 2.75) is 31.4 Å². The Kier molecular flexibility index (Phi) is 5.19. The zero-order chi connectivity index (χ0) is 15.3. The molecule has 0 saturated carbocycles. The van der Waals surface area contributed by atoms with Crippen molar-refractivity contribution in [2.24, 2.45) is 0 Å². The van der Waals surface area contributed by atoms with Gasteiger partial charge in [-0.2, -0.15) is 0 Å². The topological polar surface area (TPSA) is 65.1 Å². The molecule has 2 aliphatic heterocycles. The van der Waals surface area contributed by atoms with E-state index in [1.54, 1.807) is 16.7 Å². The monoisotopic (exact) mass is 545 g/mol. The van der Waals surface area contributed by atoms with E-state index in [4.69, 9.17) is 13.6 Å². The predicted octanol–water partition coefficient (Wildman–Crippen LogP) is 2.68. The molecule has 0 aromatic rings. The van der Waals surface area contributed by atoms with Gasteiger partial charge < -0.3 is 18.5 Å². The van der Waals surface area contributed by atoms with E-state index in [-0.39, 0.29) is 15.2 Å². The van der Waals surface area contributed by atoms with Gasteiger partial charge in [0.2, 0.25) is 9.45 Å². The lowest BCUT2D eigenvalue weighted by atomic mass is 9.98. The SMILES string of the molecule is COP(OC)OC(=O)[C@]1(I)N2C(=O)C(I)[C@H]2SC1(C)C. The van der Waals surface area contributed by atoms with Gasteiger partial charge in [-0.15, -0.1) is 11.8 Å². The molecule has 1 unspecified atom stereocenters. The van der Waals surface area contributed by atoms with Gasteiger partial charge in [0.05, 0.1) is 4.75 Å². The summed E-state index contributed by atoms with van der Waals surface area (Å²) in [7, 11) is 1.10. The lowest BCUT2D eigenvalue weighted by Gasteiger charge is -2.46. The molecule has 0 bridgehead atoms. The highest BCUT2D eigenvalue weighted by Gasteiger charge is 2.72. The molecule has 3 atom stereocenters. The Balaban J connectivity index is 2.27. The molecule has 0 aromatic heterocycles. The number of rotatable bonds is 4. The van der Waals surface area contributed by atoms with Crippen LogP contribution in [0.15, 0.2) is 0 Å². The summed E-state index contributed by atoms with van der Waals surface area (Å²) in [5.74, 6) is -0.524. The largest absolute Gasteiger partial charge is 0.398 e. The molecule has 0 N–H and O–H groups in total. The van der Waals surface area contributed by atoms with Crippen molar-refractivity contribution in [1.29, 1.82) is 0 Å². The first-order valence-corrected chi connectivity index (χ1v) is 9.95. The molecule has 2 rings (SSSR count). The molecule has 2 aliphatic rings. The third kappa shape index (κ3) is 2.40. The molecule has 0 radical (unpaired) electrons. The van der Waals surface area contributed by atoms with Gasteiger partial charge in [-0.3, -0.25) is 4.79 Å². The van der Waals surface area contributed by atoms with E-state index in [9.17, 15) is 9.59 Å². The highest BCUT2D eigenvalue weighted by Crippen LogP contribution is 2.62. The molecule has 0 aliphatic carbocycles. The minimum absolute atomic E-state index is 0.0128. The fourth-order valence-corrected chi connectivity index (χ4v) is 6.73. The van der Waals surface area contributed by atoms with Gasteiger partial charge in [-0.1, -0.05) is 22.6 Å². The second kappa shape index (κ2) is 5.95. The van der Waals surface area contributed by atoms with Crippen LogP contribution in [-0.2, 0) is 23.2 Å². The first kappa shape index (κ1) is 17.5. The highest BCUT2D eigenvalue weighted by atomic mass is 127. The zero-order valence-corrected chi connectivity index (χ0v) is 17.3. The van der Waals surface area contributed by atoms with Gasteiger partial charge in [-0.25, -0.2) is 4.79 Å². The van der Waals surface area contributed by atoms with Crippen molar-refractivity contribution < 1.29 is 23.2 Å². The number of alkyl halides is 2. The average molecular weight is 545 g/mol. The fraction of sp³-hybridized carbons (Fsp3) is 0.800. The Hall–Kier alpha value is 1.10. The predicted molar refractivity (Wildman–Crippen MR) is 93.9 cm³/mol. The van der Waals surface area contributed by atoms with Gasteiger partial charge in [0.25, 0.3) is 0 Å².